The second-order valence-electron chi connectivity index (χ2n) is 6.74. The van der Waals surface area contributed by atoms with Crippen molar-refractivity contribution in [3.8, 4) is 0 Å². The molecular formula is C17H27N5O2. The monoisotopic (exact) mass is 333 g/mol. The fraction of sp³-hybridized carbons (Fsp3) is 0.706. The number of nitrogens with zero attached hydrogens (tertiary/aromatic N) is 5. The van der Waals surface area contributed by atoms with Crippen molar-refractivity contribution in [1.29, 1.82) is 0 Å². The second kappa shape index (κ2) is 7.34. The highest BCUT2D eigenvalue weighted by Gasteiger charge is 2.24. The van der Waals surface area contributed by atoms with E-state index in [-0.39, 0.29) is 11.8 Å². The summed E-state index contributed by atoms with van der Waals surface area (Å²) in [5.41, 5.74) is 1.61. The number of aryl methyl sites for hydroxylation is 1. The molecule has 1 aromatic heterocycles. The first-order valence-electron chi connectivity index (χ1n) is 8.84. The lowest BCUT2D eigenvalue weighted by Crippen LogP contribution is -2.38. The quantitative estimate of drug-likeness (QED) is 0.805. The molecule has 0 saturated carbocycles. The number of hydrogen-bond donors (Lipinski definition) is 0. The summed E-state index contributed by atoms with van der Waals surface area (Å²) in [7, 11) is 1.86. The van der Waals surface area contributed by atoms with Gasteiger partial charge in [-0.25, -0.2) is 0 Å². The first kappa shape index (κ1) is 17.0. The van der Waals surface area contributed by atoms with Crippen LogP contribution in [-0.4, -0.2) is 82.1 Å². The van der Waals surface area contributed by atoms with Crippen molar-refractivity contribution in [2.45, 2.75) is 26.2 Å². The molecule has 7 heteroatoms. The molecule has 0 unspecified atom stereocenters. The first-order valence-corrected chi connectivity index (χ1v) is 8.84. The van der Waals surface area contributed by atoms with Crippen LogP contribution in [0.5, 0.6) is 0 Å². The Kier molecular flexibility index (Phi) is 5.18. The fourth-order valence-corrected chi connectivity index (χ4v) is 3.48. The van der Waals surface area contributed by atoms with Gasteiger partial charge in [-0.05, 0) is 26.3 Å². The third-order valence-electron chi connectivity index (χ3n) is 5.20. The molecule has 0 atom stereocenters. The van der Waals surface area contributed by atoms with Gasteiger partial charge >= 0.3 is 0 Å². The maximum atomic E-state index is 12.7. The number of aromatic nitrogens is 2. The third kappa shape index (κ3) is 3.61. The minimum absolute atomic E-state index is 0.0807. The molecule has 2 aliphatic heterocycles. The van der Waals surface area contributed by atoms with E-state index in [9.17, 15) is 9.59 Å². The Morgan fingerprint density at radius 3 is 2.62 bits per heavy atom. The van der Waals surface area contributed by atoms with Crippen molar-refractivity contribution in [3.05, 3.63) is 17.5 Å². The summed E-state index contributed by atoms with van der Waals surface area (Å²) >= 11 is 0. The topological polar surface area (TPSA) is 61.7 Å². The maximum Gasteiger partial charge on any atom is 0.257 e. The number of likely N-dealkylation sites (tertiary alicyclic amines) is 1. The highest BCUT2D eigenvalue weighted by Crippen LogP contribution is 2.13. The normalized spacial score (nSPS) is 19.8. The van der Waals surface area contributed by atoms with Crippen molar-refractivity contribution in [2.75, 3.05) is 45.8 Å². The van der Waals surface area contributed by atoms with Crippen LogP contribution in [-0.2, 0) is 11.8 Å². The van der Waals surface area contributed by atoms with E-state index >= 15 is 0 Å². The molecule has 0 radical (unpaired) electrons. The van der Waals surface area contributed by atoms with Gasteiger partial charge in [0.25, 0.3) is 5.91 Å². The van der Waals surface area contributed by atoms with Crippen LogP contribution in [0.4, 0.5) is 0 Å². The lowest BCUT2D eigenvalue weighted by Gasteiger charge is -2.24. The van der Waals surface area contributed by atoms with Gasteiger partial charge in [-0.1, -0.05) is 0 Å². The number of amides is 2. The van der Waals surface area contributed by atoms with E-state index in [1.54, 1.807) is 10.9 Å². The maximum absolute atomic E-state index is 12.7. The Morgan fingerprint density at radius 1 is 1.12 bits per heavy atom. The third-order valence-corrected chi connectivity index (χ3v) is 5.20. The Hall–Kier alpha value is -1.89. The molecule has 7 nitrogen and oxygen atoms in total. The van der Waals surface area contributed by atoms with Gasteiger partial charge in [-0.15, -0.1) is 0 Å². The van der Waals surface area contributed by atoms with Crippen molar-refractivity contribution in [3.63, 3.8) is 0 Å². The Bertz CT molecular complexity index is 612. The van der Waals surface area contributed by atoms with E-state index in [4.69, 9.17) is 0 Å². The molecule has 2 fully saturated rings. The molecule has 0 bridgehead atoms. The zero-order valence-electron chi connectivity index (χ0n) is 14.7. The summed E-state index contributed by atoms with van der Waals surface area (Å²) < 4.78 is 1.74. The van der Waals surface area contributed by atoms with Gasteiger partial charge in [-0.3, -0.25) is 19.2 Å². The van der Waals surface area contributed by atoms with Gasteiger partial charge < -0.3 is 9.80 Å². The van der Waals surface area contributed by atoms with Gasteiger partial charge in [0.15, 0.2) is 0 Å². The molecule has 3 rings (SSSR count). The molecule has 24 heavy (non-hydrogen) atoms. The summed E-state index contributed by atoms with van der Waals surface area (Å²) in [6, 6.07) is 0. The molecule has 3 heterocycles. The minimum Gasteiger partial charge on any atom is -0.341 e. The van der Waals surface area contributed by atoms with Crippen molar-refractivity contribution in [2.24, 2.45) is 7.05 Å². The molecule has 0 spiro atoms. The van der Waals surface area contributed by atoms with E-state index in [1.165, 1.54) is 0 Å². The molecule has 2 aliphatic rings. The van der Waals surface area contributed by atoms with Crippen LogP contribution < -0.4 is 0 Å². The molecular weight excluding hydrogens is 306 g/mol. The predicted octanol–water partition coefficient (Wildman–Crippen LogP) is 0.499. The number of carbonyl (C=O) groups excluding carboxylic acids is 2. The highest BCUT2D eigenvalue weighted by atomic mass is 16.2. The molecule has 0 aliphatic carbocycles. The van der Waals surface area contributed by atoms with Crippen LogP contribution in [0.1, 0.15) is 35.3 Å². The summed E-state index contributed by atoms with van der Waals surface area (Å²) in [5.74, 6) is 0.367. The molecule has 132 valence electrons. The van der Waals surface area contributed by atoms with Crippen LogP contribution in [0.2, 0.25) is 0 Å². The summed E-state index contributed by atoms with van der Waals surface area (Å²) in [5, 5.41) is 4.17. The van der Waals surface area contributed by atoms with Crippen LogP contribution in [0.3, 0.4) is 0 Å². The average Bonchev–Trinajstić information content (AvgIpc) is 3.03. The summed E-state index contributed by atoms with van der Waals surface area (Å²) in [6.45, 7) is 7.92. The molecule has 2 amide bonds. The van der Waals surface area contributed by atoms with Crippen molar-refractivity contribution >= 4 is 11.8 Å². The lowest BCUT2D eigenvalue weighted by molar-refractivity contribution is -0.127. The van der Waals surface area contributed by atoms with Crippen molar-refractivity contribution in [1.82, 2.24) is 24.5 Å². The molecule has 0 aromatic carbocycles. The van der Waals surface area contributed by atoms with E-state index in [0.717, 1.165) is 64.3 Å². The zero-order chi connectivity index (χ0) is 17.1. The SMILES string of the molecule is Cc1c(C(=O)N2CCCN(CCN3CCCC3=O)CC2)cnn1C. The number of hydrogen-bond acceptors (Lipinski definition) is 4. The first-order chi connectivity index (χ1) is 11.6. The second-order valence-corrected chi connectivity index (χ2v) is 6.74. The van der Waals surface area contributed by atoms with Crippen LogP contribution >= 0.6 is 0 Å². The van der Waals surface area contributed by atoms with Gasteiger partial charge in [0.05, 0.1) is 11.8 Å². The fourth-order valence-electron chi connectivity index (χ4n) is 3.48. The summed E-state index contributed by atoms with van der Waals surface area (Å²) in [6.07, 6.45) is 4.33. The average molecular weight is 333 g/mol. The molecule has 1 aromatic rings. The van der Waals surface area contributed by atoms with E-state index < -0.39 is 0 Å². The van der Waals surface area contributed by atoms with Crippen LogP contribution in [0, 0.1) is 6.92 Å². The Labute approximate surface area is 143 Å². The predicted molar refractivity (Wildman–Crippen MR) is 90.7 cm³/mol. The van der Waals surface area contributed by atoms with Crippen LogP contribution in [0.15, 0.2) is 6.20 Å². The van der Waals surface area contributed by atoms with Crippen molar-refractivity contribution < 1.29 is 9.59 Å². The lowest BCUT2D eigenvalue weighted by atomic mass is 10.2. The van der Waals surface area contributed by atoms with Gasteiger partial charge in [0.1, 0.15) is 0 Å². The Balaban J connectivity index is 1.52. The minimum atomic E-state index is 0.0807. The van der Waals surface area contributed by atoms with Crippen LogP contribution in [0.25, 0.3) is 0 Å². The Morgan fingerprint density at radius 2 is 1.96 bits per heavy atom. The number of rotatable bonds is 4. The molecule has 2 saturated heterocycles. The van der Waals surface area contributed by atoms with E-state index in [2.05, 4.69) is 10.00 Å². The largest absolute Gasteiger partial charge is 0.341 e. The smallest absolute Gasteiger partial charge is 0.257 e. The van der Waals surface area contributed by atoms with Gasteiger partial charge in [0.2, 0.25) is 5.91 Å². The van der Waals surface area contributed by atoms with E-state index in [1.807, 2.05) is 23.8 Å². The zero-order valence-corrected chi connectivity index (χ0v) is 14.7. The summed E-state index contributed by atoms with van der Waals surface area (Å²) in [4.78, 5) is 30.7. The number of carbonyl (C=O) groups is 2. The van der Waals surface area contributed by atoms with E-state index in [0.29, 0.717) is 12.0 Å². The standard InChI is InChI=1S/C17H27N5O2/c1-14-15(13-18-19(14)2)17(24)22-8-4-6-20(10-12-22)9-11-21-7-3-5-16(21)23/h13H,3-12H2,1-2H3. The van der Waals surface area contributed by atoms with Gasteiger partial charge in [-0.2, -0.15) is 5.10 Å². The highest BCUT2D eigenvalue weighted by molar-refractivity contribution is 5.95. The molecule has 0 N–H and O–H groups in total. The van der Waals surface area contributed by atoms with Gasteiger partial charge in [0, 0.05) is 58.4 Å².